The molecular formula is C13H21NO2. The third-order valence-corrected chi connectivity index (χ3v) is 5.05. The Labute approximate surface area is 96.8 Å². The highest BCUT2D eigenvalue weighted by molar-refractivity contribution is 5.70. The zero-order valence-electron chi connectivity index (χ0n) is 9.77. The Bertz CT molecular complexity index is 288. The molecule has 3 unspecified atom stereocenters. The minimum Gasteiger partial charge on any atom is -0.481 e. The molecule has 2 heterocycles. The number of hydrogen-bond donors (Lipinski definition) is 1. The number of rotatable bonds is 2. The molecule has 0 radical (unpaired) electrons. The Kier molecular flexibility index (Phi) is 2.66. The van der Waals surface area contributed by atoms with E-state index >= 15 is 0 Å². The molecule has 16 heavy (non-hydrogen) atoms. The molecule has 1 N–H and O–H groups in total. The van der Waals surface area contributed by atoms with Gasteiger partial charge in [-0.3, -0.25) is 4.79 Å². The Hall–Kier alpha value is -0.570. The van der Waals surface area contributed by atoms with E-state index in [0.717, 1.165) is 31.2 Å². The van der Waals surface area contributed by atoms with Crippen LogP contribution in [0.25, 0.3) is 0 Å². The smallest absolute Gasteiger partial charge is 0.306 e. The molecular weight excluding hydrogens is 202 g/mol. The topological polar surface area (TPSA) is 40.5 Å². The first kappa shape index (κ1) is 10.6. The van der Waals surface area contributed by atoms with Crippen molar-refractivity contribution in [3.8, 4) is 0 Å². The number of fused-ring (bicyclic) bond motifs is 1. The number of carboxylic acid groups (broad SMARTS) is 1. The predicted octanol–water partition coefficient (Wildman–Crippen LogP) is 1.97. The fourth-order valence-corrected chi connectivity index (χ4v) is 3.79. The van der Waals surface area contributed by atoms with Gasteiger partial charge in [-0.05, 0) is 37.6 Å². The normalized spacial score (nSPS) is 40.4. The molecule has 2 saturated heterocycles. The van der Waals surface area contributed by atoms with Crippen molar-refractivity contribution in [3.63, 3.8) is 0 Å². The molecule has 3 heteroatoms. The maximum atomic E-state index is 11.0. The summed E-state index contributed by atoms with van der Waals surface area (Å²) in [6.07, 6.45) is 7.31. The van der Waals surface area contributed by atoms with Crippen LogP contribution in [0.5, 0.6) is 0 Å². The summed E-state index contributed by atoms with van der Waals surface area (Å²) in [6.45, 7) is 2.27. The van der Waals surface area contributed by atoms with E-state index in [-0.39, 0.29) is 5.92 Å². The first-order chi connectivity index (χ1) is 7.74. The second kappa shape index (κ2) is 4.02. The Morgan fingerprint density at radius 2 is 1.94 bits per heavy atom. The molecule has 0 aromatic rings. The highest BCUT2D eigenvalue weighted by Gasteiger charge is 2.42. The molecule has 2 aliphatic heterocycles. The Balaban J connectivity index is 1.60. The van der Waals surface area contributed by atoms with E-state index < -0.39 is 5.97 Å². The zero-order valence-corrected chi connectivity index (χ0v) is 9.77. The van der Waals surface area contributed by atoms with Gasteiger partial charge in [0.15, 0.2) is 0 Å². The SMILES string of the molecule is O=C(O)C1CCN2CC(C3CCC3)CC2C1. The molecule has 1 aliphatic carbocycles. The number of piperidine rings is 1. The number of nitrogens with zero attached hydrogens (tertiary/aromatic N) is 1. The first-order valence-corrected chi connectivity index (χ1v) is 6.71. The molecule has 3 nitrogen and oxygen atoms in total. The second-order valence-electron chi connectivity index (χ2n) is 5.90. The molecule has 0 amide bonds. The lowest BCUT2D eigenvalue weighted by molar-refractivity contribution is -0.143. The van der Waals surface area contributed by atoms with E-state index in [9.17, 15) is 4.79 Å². The van der Waals surface area contributed by atoms with E-state index in [4.69, 9.17) is 5.11 Å². The number of carboxylic acids is 1. The van der Waals surface area contributed by atoms with Crippen LogP contribution in [-0.4, -0.2) is 35.1 Å². The van der Waals surface area contributed by atoms with E-state index in [0.29, 0.717) is 6.04 Å². The van der Waals surface area contributed by atoms with Gasteiger partial charge in [-0.1, -0.05) is 19.3 Å². The molecule has 0 bridgehead atoms. The summed E-state index contributed by atoms with van der Waals surface area (Å²) in [5, 5.41) is 9.07. The molecule has 0 aromatic carbocycles. The lowest BCUT2D eigenvalue weighted by Gasteiger charge is -2.32. The standard InChI is InChI=1S/C13H21NO2/c15-13(16)10-4-5-14-8-11(7-12(14)6-10)9-2-1-3-9/h9-12H,1-8H2,(H,15,16). The quantitative estimate of drug-likeness (QED) is 0.778. The van der Waals surface area contributed by atoms with Crippen LogP contribution in [0, 0.1) is 17.8 Å². The van der Waals surface area contributed by atoms with Gasteiger partial charge in [0.25, 0.3) is 0 Å². The first-order valence-electron chi connectivity index (χ1n) is 6.71. The van der Waals surface area contributed by atoms with Crippen molar-refractivity contribution in [2.24, 2.45) is 17.8 Å². The van der Waals surface area contributed by atoms with Crippen molar-refractivity contribution in [1.29, 1.82) is 0 Å². The van der Waals surface area contributed by atoms with Gasteiger partial charge in [0.1, 0.15) is 0 Å². The van der Waals surface area contributed by atoms with Crippen molar-refractivity contribution >= 4 is 5.97 Å². The third kappa shape index (κ3) is 1.75. The number of hydrogen-bond acceptors (Lipinski definition) is 2. The summed E-state index contributed by atoms with van der Waals surface area (Å²) in [7, 11) is 0. The van der Waals surface area contributed by atoms with Gasteiger partial charge in [-0.2, -0.15) is 0 Å². The number of carbonyl (C=O) groups is 1. The second-order valence-corrected chi connectivity index (χ2v) is 5.90. The van der Waals surface area contributed by atoms with Crippen LogP contribution in [0.15, 0.2) is 0 Å². The van der Waals surface area contributed by atoms with Crippen LogP contribution in [0.1, 0.15) is 38.5 Å². The number of aliphatic carboxylic acids is 1. The molecule has 1 saturated carbocycles. The molecule has 90 valence electrons. The van der Waals surface area contributed by atoms with Crippen molar-refractivity contribution in [1.82, 2.24) is 4.90 Å². The predicted molar refractivity (Wildman–Crippen MR) is 61.2 cm³/mol. The summed E-state index contributed by atoms with van der Waals surface area (Å²) in [4.78, 5) is 13.6. The Morgan fingerprint density at radius 3 is 2.56 bits per heavy atom. The Morgan fingerprint density at radius 1 is 1.12 bits per heavy atom. The summed E-state index contributed by atoms with van der Waals surface area (Å²) in [5.74, 6) is 1.20. The van der Waals surface area contributed by atoms with E-state index in [1.807, 2.05) is 0 Å². The highest BCUT2D eigenvalue weighted by atomic mass is 16.4. The molecule has 0 spiro atoms. The largest absolute Gasteiger partial charge is 0.481 e. The zero-order chi connectivity index (χ0) is 11.1. The molecule has 3 atom stereocenters. The van der Waals surface area contributed by atoms with Gasteiger partial charge >= 0.3 is 5.97 Å². The van der Waals surface area contributed by atoms with Crippen molar-refractivity contribution in [2.45, 2.75) is 44.6 Å². The maximum Gasteiger partial charge on any atom is 0.306 e. The molecule has 3 aliphatic rings. The minimum atomic E-state index is -0.577. The third-order valence-electron chi connectivity index (χ3n) is 5.05. The van der Waals surface area contributed by atoms with Gasteiger partial charge < -0.3 is 10.0 Å². The van der Waals surface area contributed by atoms with Gasteiger partial charge in [0.2, 0.25) is 0 Å². The average Bonchev–Trinajstić information content (AvgIpc) is 2.56. The fourth-order valence-electron chi connectivity index (χ4n) is 3.79. The summed E-state index contributed by atoms with van der Waals surface area (Å²) in [6, 6.07) is 0.584. The van der Waals surface area contributed by atoms with Gasteiger partial charge in [-0.25, -0.2) is 0 Å². The van der Waals surface area contributed by atoms with Crippen molar-refractivity contribution in [3.05, 3.63) is 0 Å². The maximum absolute atomic E-state index is 11.0. The fraction of sp³-hybridized carbons (Fsp3) is 0.923. The molecule has 3 fully saturated rings. The van der Waals surface area contributed by atoms with E-state index in [2.05, 4.69) is 4.90 Å². The summed E-state index contributed by atoms with van der Waals surface area (Å²) >= 11 is 0. The lowest BCUT2D eigenvalue weighted by Crippen LogP contribution is -2.40. The van der Waals surface area contributed by atoms with Crippen LogP contribution >= 0.6 is 0 Å². The van der Waals surface area contributed by atoms with Gasteiger partial charge in [0, 0.05) is 12.6 Å². The van der Waals surface area contributed by atoms with Crippen molar-refractivity contribution < 1.29 is 9.90 Å². The summed E-state index contributed by atoms with van der Waals surface area (Å²) in [5.41, 5.74) is 0. The van der Waals surface area contributed by atoms with Crippen molar-refractivity contribution in [2.75, 3.05) is 13.1 Å². The van der Waals surface area contributed by atoms with Gasteiger partial charge in [0.05, 0.1) is 5.92 Å². The monoisotopic (exact) mass is 223 g/mol. The van der Waals surface area contributed by atoms with Crippen LogP contribution in [0.4, 0.5) is 0 Å². The summed E-state index contributed by atoms with van der Waals surface area (Å²) < 4.78 is 0. The lowest BCUT2D eigenvalue weighted by atomic mass is 9.74. The van der Waals surface area contributed by atoms with Gasteiger partial charge in [-0.15, -0.1) is 0 Å². The molecule has 0 aromatic heterocycles. The van der Waals surface area contributed by atoms with Crippen LogP contribution in [0.3, 0.4) is 0 Å². The van der Waals surface area contributed by atoms with Crippen LogP contribution in [0.2, 0.25) is 0 Å². The average molecular weight is 223 g/mol. The van der Waals surface area contributed by atoms with Crippen LogP contribution in [-0.2, 0) is 4.79 Å². The van der Waals surface area contributed by atoms with Crippen LogP contribution < -0.4 is 0 Å². The van der Waals surface area contributed by atoms with E-state index in [1.54, 1.807) is 0 Å². The minimum absolute atomic E-state index is 0.0682. The highest BCUT2D eigenvalue weighted by Crippen LogP contribution is 2.43. The molecule has 3 rings (SSSR count). The van der Waals surface area contributed by atoms with E-state index in [1.165, 1.54) is 32.2 Å².